The van der Waals surface area contributed by atoms with Gasteiger partial charge in [0.2, 0.25) is 0 Å². The summed E-state index contributed by atoms with van der Waals surface area (Å²) in [5.74, 6) is -0.656. The highest BCUT2D eigenvalue weighted by molar-refractivity contribution is 8.23. The minimum absolute atomic E-state index is 0.0369. The van der Waals surface area contributed by atoms with E-state index in [0.717, 1.165) is 47.1 Å². The predicted octanol–water partition coefficient (Wildman–Crippen LogP) is 5.93. The first-order valence-corrected chi connectivity index (χ1v) is 14.9. The third-order valence-electron chi connectivity index (χ3n) is 6.62. The molecule has 0 fully saturated rings. The second-order valence-corrected chi connectivity index (χ2v) is 11.8. The number of aromatic amines is 1. The Bertz CT molecular complexity index is 1320. The summed E-state index contributed by atoms with van der Waals surface area (Å²) in [5.41, 5.74) is 4.55. The molecule has 0 unspecified atom stereocenters. The molecule has 1 heterocycles. The maximum atomic E-state index is 12.4. The van der Waals surface area contributed by atoms with E-state index in [1.54, 1.807) is 0 Å². The number of hydrogen-bond donors (Lipinski definition) is 4. The molecule has 9 nitrogen and oxygen atoms in total. The zero-order chi connectivity index (χ0) is 27.7. The number of aliphatic carboxylic acids is 1. The summed E-state index contributed by atoms with van der Waals surface area (Å²) >= 11 is 0. The molecule has 4 rings (SSSR count). The molecule has 0 aliphatic rings. The maximum Gasteiger partial charge on any atom is 0.322 e. The molecule has 0 bridgehead atoms. The lowest BCUT2D eigenvalue weighted by molar-refractivity contribution is -0.142. The number of H-pyrrole nitrogens is 1. The van der Waals surface area contributed by atoms with Gasteiger partial charge in [-0.15, -0.1) is 5.10 Å². The molecule has 0 saturated carbocycles. The summed E-state index contributed by atoms with van der Waals surface area (Å²) in [6.07, 6.45) is 2.80. The second kappa shape index (κ2) is 13.5. The van der Waals surface area contributed by atoms with E-state index in [-0.39, 0.29) is 11.5 Å². The number of rotatable bonds is 14. The number of tetrazole rings is 1. The lowest BCUT2D eigenvalue weighted by Gasteiger charge is -2.38. The third-order valence-corrected chi connectivity index (χ3v) is 8.26. The number of nitrogens with one attached hydrogen (secondary N) is 1. The smallest absolute Gasteiger partial charge is 0.322 e. The van der Waals surface area contributed by atoms with Gasteiger partial charge in [-0.3, -0.25) is 18.8 Å². The summed E-state index contributed by atoms with van der Waals surface area (Å²) in [6.45, 7) is 3.03. The molecular formula is C29H35N5O4S. The number of carboxylic acid groups (broad SMARTS) is 1. The largest absolute Gasteiger partial charge is 0.480 e. The van der Waals surface area contributed by atoms with Crippen LogP contribution in [0.15, 0.2) is 78.9 Å². The van der Waals surface area contributed by atoms with E-state index in [0.29, 0.717) is 18.9 Å². The van der Waals surface area contributed by atoms with Crippen LogP contribution in [0.2, 0.25) is 0 Å². The summed E-state index contributed by atoms with van der Waals surface area (Å²) in [7, 11) is -3.16. The Labute approximate surface area is 230 Å². The van der Waals surface area contributed by atoms with Crippen molar-refractivity contribution in [3.63, 3.8) is 0 Å². The lowest BCUT2D eigenvalue weighted by Crippen LogP contribution is -2.45. The van der Waals surface area contributed by atoms with E-state index < -0.39 is 22.6 Å². The Morgan fingerprint density at radius 1 is 0.923 bits per heavy atom. The first-order chi connectivity index (χ1) is 18.9. The van der Waals surface area contributed by atoms with Crippen molar-refractivity contribution < 1.29 is 19.0 Å². The fourth-order valence-corrected chi connectivity index (χ4v) is 6.34. The molecule has 0 aliphatic heterocycles. The maximum absolute atomic E-state index is 12.4. The van der Waals surface area contributed by atoms with Crippen molar-refractivity contribution in [1.29, 1.82) is 0 Å². The highest BCUT2D eigenvalue weighted by atomic mass is 32.3. The number of unbranched alkanes of at least 4 members (excludes halogenated alkanes) is 2. The van der Waals surface area contributed by atoms with Gasteiger partial charge in [0.05, 0.1) is 11.5 Å². The highest BCUT2D eigenvalue weighted by Gasteiger charge is 2.31. The standard InChI is InChI=1S/C29H35N5O4S/c1-2-3-9-18-34(27(29(35)36)21-39(37,38)20-23-10-5-4-6-11-23)19-22-14-16-24(17-15-22)25-12-7-8-13-26(25)28-30-32-33-31-28/h4-8,10-17,27,37-38H,2-3,9,18-21H2,1H3,(H,35,36)(H,30,31,32,33)/t27-/m0/s1. The zero-order valence-electron chi connectivity index (χ0n) is 22.0. The molecule has 0 amide bonds. The van der Waals surface area contributed by atoms with E-state index in [2.05, 4.69) is 27.5 Å². The Balaban J connectivity index is 1.54. The molecule has 206 valence electrons. The second-order valence-electron chi connectivity index (χ2n) is 9.62. The van der Waals surface area contributed by atoms with E-state index in [1.807, 2.05) is 83.8 Å². The molecule has 4 aromatic rings. The molecule has 1 atom stereocenters. The Morgan fingerprint density at radius 2 is 1.62 bits per heavy atom. The molecule has 10 heteroatoms. The van der Waals surface area contributed by atoms with Crippen LogP contribution in [0, 0.1) is 0 Å². The Hall–Kier alpha value is -3.57. The Kier molecular flexibility index (Phi) is 9.83. The zero-order valence-corrected chi connectivity index (χ0v) is 22.8. The Morgan fingerprint density at radius 3 is 2.26 bits per heavy atom. The molecular weight excluding hydrogens is 514 g/mol. The average Bonchev–Trinajstić information content (AvgIpc) is 3.47. The first-order valence-electron chi connectivity index (χ1n) is 13.0. The first kappa shape index (κ1) is 28.4. The van der Waals surface area contributed by atoms with Crippen molar-refractivity contribution in [3.8, 4) is 22.5 Å². The van der Waals surface area contributed by atoms with E-state index >= 15 is 0 Å². The van der Waals surface area contributed by atoms with Crippen LogP contribution in [-0.4, -0.2) is 64.0 Å². The van der Waals surface area contributed by atoms with Crippen LogP contribution in [0.25, 0.3) is 22.5 Å². The van der Waals surface area contributed by atoms with Crippen molar-refractivity contribution in [1.82, 2.24) is 25.5 Å². The van der Waals surface area contributed by atoms with Crippen molar-refractivity contribution in [3.05, 3.63) is 90.0 Å². The fourth-order valence-electron chi connectivity index (χ4n) is 4.63. The SMILES string of the molecule is CCCCCN(Cc1ccc(-c2ccccc2-c2nnn[nH]2)cc1)[C@@H](CS(O)(O)Cc1ccccc1)C(=O)O. The van der Waals surface area contributed by atoms with Crippen LogP contribution in [0.3, 0.4) is 0 Å². The van der Waals surface area contributed by atoms with Gasteiger partial charge in [-0.1, -0.05) is 98.6 Å². The fraction of sp³-hybridized carbons (Fsp3) is 0.310. The number of aromatic nitrogens is 4. The number of carboxylic acids is 1. The molecule has 1 aromatic heterocycles. The van der Waals surface area contributed by atoms with Gasteiger partial charge in [0.25, 0.3) is 0 Å². The van der Waals surface area contributed by atoms with Crippen molar-refractivity contribution in [2.24, 2.45) is 0 Å². The van der Waals surface area contributed by atoms with Crippen molar-refractivity contribution >= 4 is 16.6 Å². The van der Waals surface area contributed by atoms with Gasteiger partial charge in [0, 0.05) is 12.1 Å². The van der Waals surface area contributed by atoms with E-state index in [1.165, 1.54) is 0 Å². The number of carbonyl (C=O) groups is 1. The van der Waals surface area contributed by atoms with Crippen LogP contribution < -0.4 is 0 Å². The van der Waals surface area contributed by atoms with E-state index in [4.69, 9.17) is 0 Å². The minimum Gasteiger partial charge on any atom is -0.480 e. The van der Waals surface area contributed by atoms with Crippen molar-refractivity contribution in [2.75, 3.05) is 12.3 Å². The monoisotopic (exact) mass is 549 g/mol. The number of benzene rings is 3. The lowest BCUT2D eigenvalue weighted by atomic mass is 9.98. The van der Waals surface area contributed by atoms with Crippen LogP contribution in [0.5, 0.6) is 0 Å². The van der Waals surface area contributed by atoms with Gasteiger partial charge in [0.15, 0.2) is 5.82 Å². The summed E-state index contributed by atoms with van der Waals surface area (Å²) < 4.78 is 21.7. The molecule has 4 N–H and O–H groups in total. The molecule has 0 saturated heterocycles. The molecule has 3 aromatic carbocycles. The van der Waals surface area contributed by atoms with Gasteiger partial charge < -0.3 is 5.11 Å². The van der Waals surface area contributed by atoms with Crippen molar-refractivity contribution in [2.45, 2.75) is 44.5 Å². The summed E-state index contributed by atoms with van der Waals surface area (Å²) in [5, 5.41) is 24.4. The van der Waals surface area contributed by atoms with Gasteiger partial charge in [-0.05, 0) is 45.6 Å². The molecule has 0 radical (unpaired) electrons. The number of nitrogens with zero attached hydrogens (tertiary/aromatic N) is 4. The predicted molar refractivity (Wildman–Crippen MR) is 154 cm³/mol. The minimum atomic E-state index is -3.16. The number of hydrogen-bond acceptors (Lipinski definition) is 7. The average molecular weight is 550 g/mol. The molecule has 39 heavy (non-hydrogen) atoms. The normalized spacial score (nSPS) is 12.9. The van der Waals surface area contributed by atoms with Crippen LogP contribution in [0.1, 0.15) is 37.3 Å². The van der Waals surface area contributed by atoms with Crippen LogP contribution >= 0.6 is 10.6 Å². The van der Waals surface area contributed by atoms with E-state index in [9.17, 15) is 19.0 Å². The molecule has 0 spiro atoms. The topological polar surface area (TPSA) is 135 Å². The van der Waals surface area contributed by atoms with Gasteiger partial charge in [-0.25, -0.2) is 5.10 Å². The summed E-state index contributed by atoms with van der Waals surface area (Å²) in [4.78, 5) is 14.3. The summed E-state index contributed by atoms with van der Waals surface area (Å²) in [6, 6.07) is 24.0. The quantitative estimate of drug-likeness (QED) is 0.142. The van der Waals surface area contributed by atoms with Crippen LogP contribution in [0.4, 0.5) is 0 Å². The highest BCUT2D eigenvalue weighted by Crippen LogP contribution is 2.44. The third kappa shape index (κ3) is 7.96. The van der Waals surface area contributed by atoms with Crippen LogP contribution in [-0.2, 0) is 17.1 Å². The van der Waals surface area contributed by atoms with Gasteiger partial charge >= 0.3 is 5.97 Å². The van der Waals surface area contributed by atoms with Gasteiger partial charge in [-0.2, -0.15) is 10.6 Å². The van der Waals surface area contributed by atoms with Gasteiger partial charge in [0.1, 0.15) is 6.04 Å². The molecule has 0 aliphatic carbocycles.